The smallest absolute Gasteiger partial charge is 0.410 e. The van der Waals surface area contributed by atoms with Gasteiger partial charge in [0.05, 0.1) is 23.6 Å². The second kappa shape index (κ2) is 6.46. The first-order valence-electron chi connectivity index (χ1n) is 8.44. The zero-order chi connectivity index (χ0) is 18.3. The van der Waals surface area contributed by atoms with E-state index in [1.165, 1.54) is 4.90 Å². The molecule has 24 heavy (non-hydrogen) atoms. The largest absolute Gasteiger partial charge is 0.444 e. The molecular weight excluding hydrogens is 327 g/mol. The van der Waals surface area contributed by atoms with Crippen LogP contribution in [0.3, 0.4) is 0 Å². The van der Waals surface area contributed by atoms with Crippen LogP contribution in [0.5, 0.6) is 0 Å². The lowest BCUT2D eigenvalue weighted by Gasteiger charge is -2.35. The number of amides is 1. The number of alkyl halides is 1. The van der Waals surface area contributed by atoms with Gasteiger partial charge >= 0.3 is 6.09 Å². The summed E-state index contributed by atoms with van der Waals surface area (Å²) in [5.41, 5.74) is 0.376. The number of piperidine rings is 1. The molecule has 0 spiro atoms. The van der Waals surface area contributed by atoms with Crippen molar-refractivity contribution in [3.63, 3.8) is 0 Å². The van der Waals surface area contributed by atoms with Crippen molar-refractivity contribution in [3.8, 4) is 0 Å². The highest BCUT2D eigenvalue weighted by Crippen LogP contribution is 2.27. The molecule has 2 heterocycles. The summed E-state index contributed by atoms with van der Waals surface area (Å²) in [5, 5.41) is 9.53. The topological polar surface area (TPSA) is 60.2 Å². The Hall–Kier alpha value is -1.44. The molecule has 0 radical (unpaired) electrons. The van der Waals surface area contributed by atoms with Crippen molar-refractivity contribution in [2.45, 2.75) is 71.6 Å². The fourth-order valence-corrected chi connectivity index (χ4v) is 4.55. The Kier molecular flexibility index (Phi) is 5.08. The van der Waals surface area contributed by atoms with Crippen molar-refractivity contribution in [3.05, 3.63) is 5.69 Å². The van der Waals surface area contributed by atoms with Crippen molar-refractivity contribution in [1.82, 2.24) is 19.9 Å². The summed E-state index contributed by atoms with van der Waals surface area (Å²) < 4.78 is 21.8. The Morgan fingerprint density at radius 3 is 2.42 bits per heavy atom. The van der Waals surface area contributed by atoms with E-state index >= 15 is 0 Å². The average Bonchev–Trinajstić information content (AvgIpc) is 2.78. The van der Waals surface area contributed by atoms with Gasteiger partial charge in [-0.2, -0.15) is 0 Å². The second-order valence-electron chi connectivity index (χ2n) is 8.52. The van der Waals surface area contributed by atoms with Crippen LogP contribution in [0.15, 0.2) is 0 Å². The first-order valence-corrected chi connectivity index (χ1v) is 11.9. The van der Waals surface area contributed by atoms with Crippen LogP contribution in [0.25, 0.3) is 0 Å². The van der Waals surface area contributed by atoms with Gasteiger partial charge in [0, 0.05) is 6.54 Å². The number of carbonyl (C=O) groups excluding carboxylic acids is 1. The third-order valence-corrected chi connectivity index (χ3v) is 5.99. The van der Waals surface area contributed by atoms with Crippen molar-refractivity contribution in [2.75, 3.05) is 13.1 Å². The molecule has 8 heteroatoms. The molecule has 0 aromatic carbocycles. The van der Waals surface area contributed by atoms with E-state index in [1.54, 1.807) is 25.5 Å². The third kappa shape index (κ3) is 4.14. The molecule has 1 saturated heterocycles. The number of ether oxygens (including phenoxy) is 1. The molecule has 0 aliphatic carbocycles. The maximum absolute atomic E-state index is 14.7. The molecule has 0 N–H and O–H groups in total. The minimum Gasteiger partial charge on any atom is -0.444 e. The molecule has 0 unspecified atom stereocenters. The zero-order valence-corrected chi connectivity index (χ0v) is 16.8. The lowest BCUT2D eigenvalue weighted by molar-refractivity contribution is 0.00547. The summed E-state index contributed by atoms with van der Waals surface area (Å²) in [4.78, 5) is 13.6. The minimum atomic E-state index is -1.60. The Balaban J connectivity index is 2.10. The molecule has 1 aromatic rings. The number of halogens is 1. The van der Waals surface area contributed by atoms with E-state index < -0.39 is 25.9 Å². The summed E-state index contributed by atoms with van der Waals surface area (Å²) in [6, 6.07) is -0.374. The first kappa shape index (κ1) is 18.9. The molecule has 1 aliphatic rings. The van der Waals surface area contributed by atoms with E-state index in [1.807, 2.05) is 6.92 Å². The standard InChI is InChI=1S/C16H29FN4O2Si/c1-11-14(24(5,6)7)18-19-21(11)13-8-9-20(10-12(13)17)15(22)23-16(2,3)4/h12-13H,8-10H2,1-7H3/t12-,13-/m0/s1. The molecular formula is C16H29FN4O2Si. The van der Waals surface area contributed by atoms with Crippen LogP contribution >= 0.6 is 0 Å². The van der Waals surface area contributed by atoms with Crippen LogP contribution in [0.4, 0.5) is 9.18 Å². The lowest BCUT2D eigenvalue weighted by Crippen LogP contribution is -2.48. The highest BCUT2D eigenvalue weighted by atomic mass is 28.3. The maximum Gasteiger partial charge on any atom is 0.410 e. The molecule has 2 atom stereocenters. The number of aromatic nitrogens is 3. The Labute approximate surface area is 144 Å². The van der Waals surface area contributed by atoms with Gasteiger partial charge in [-0.05, 0) is 34.1 Å². The van der Waals surface area contributed by atoms with Crippen LogP contribution < -0.4 is 5.32 Å². The van der Waals surface area contributed by atoms with E-state index in [2.05, 4.69) is 30.0 Å². The van der Waals surface area contributed by atoms with Gasteiger partial charge in [-0.25, -0.2) is 13.9 Å². The van der Waals surface area contributed by atoms with Gasteiger partial charge in [-0.1, -0.05) is 24.9 Å². The van der Waals surface area contributed by atoms with Gasteiger partial charge in [0.1, 0.15) is 19.8 Å². The van der Waals surface area contributed by atoms with E-state index in [9.17, 15) is 9.18 Å². The second-order valence-corrected chi connectivity index (χ2v) is 13.5. The molecule has 1 aromatic heterocycles. The normalized spacial score (nSPS) is 22.6. The Morgan fingerprint density at radius 2 is 1.96 bits per heavy atom. The minimum absolute atomic E-state index is 0.0289. The quantitative estimate of drug-likeness (QED) is 0.765. The van der Waals surface area contributed by atoms with E-state index in [0.29, 0.717) is 13.0 Å². The molecule has 6 nitrogen and oxygen atoms in total. The summed E-state index contributed by atoms with van der Waals surface area (Å²) in [6.07, 6.45) is -1.13. The maximum atomic E-state index is 14.7. The van der Waals surface area contributed by atoms with Crippen molar-refractivity contribution >= 4 is 19.5 Å². The monoisotopic (exact) mass is 356 g/mol. The molecule has 2 rings (SSSR count). The van der Waals surface area contributed by atoms with Gasteiger partial charge in [-0.15, -0.1) is 5.10 Å². The van der Waals surface area contributed by atoms with Crippen molar-refractivity contribution in [1.29, 1.82) is 0 Å². The highest BCUT2D eigenvalue weighted by molar-refractivity contribution is 6.88. The fourth-order valence-electron chi connectivity index (χ4n) is 3.01. The van der Waals surface area contributed by atoms with Gasteiger partial charge in [0.15, 0.2) is 0 Å². The Morgan fingerprint density at radius 1 is 1.33 bits per heavy atom. The number of rotatable bonds is 2. The number of hydrogen-bond donors (Lipinski definition) is 0. The molecule has 0 bridgehead atoms. The van der Waals surface area contributed by atoms with Gasteiger partial charge in [0.2, 0.25) is 0 Å². The van der Waals surface area contributed by atoms with Gasteiger partial charge in [0.25, 0.3) is 0 Å². The predicted molar refractivity (Wildman–Crippen MR) is 94.1 cm³/mol. The lowest BCUT2D eigenvalue weighted by atomic mass is 10.0. The van der Waals surface area contributed by atoms with Crippen LogP contribution in [-0.2, 0) is 4.74 Å². The molecule has 136 valence electrons. The summed E-state index contributed by atoms with van der Waals surface area (Å²) in [6.45, 7) is 14.5. The SMILES string of the molecule is Cc1c([Si](C)(C)C)nnn1[C@H]1CCN(C(=O)OC(C)(C)C)C[C@@H]1F. The van der Waals surface area contributed by atoms with Crippen molar-refractivity contribution in [2.24, 2.45) is 0 Å². The number of nitrogens with zero attached hydrogens (tertiary/aromatic N) is 4. The fraction of sp³-hybridized carbons (Fsp3) is 0.812. The first-order chi connectivity index (χ1) is 10.9. The molecule has 0 saturated carbocycles. The zero-order valence-electron chi connectivity index (χ0n) is 15.8. The van der Waals surface area contributed by atoms with Crippen LogP contribution in [0.2, 0.25) is 19.6 Å². The van der Waals surface area contributed by atoms with Crippen LogP contribution in [0, 0.1) is 6.92 Å². The van der Waals surface area contributed by atoms with E-state index in [4.69, 9.17) is 4.74 Å². The number of likely N-dealkylation sites (tertiary alicyclic amines) is 1. The molecule has 1 amide bonds. The predicted octanol–water partition coefficient (Wildman–Crippen LogP) is 2.65. The summed E-state index contributed by atoms with van der Waals surface area (Å²) >= 11 is 0. The Bertz CT molecular complexity index is 606. The molecule has 1 aliphatic heterocycles. The number of hydrogen-bond acceptors (Lipinski definition) is 4. The van der Waals surface area contributed by atoms with Crippen LogP contribution in [-0.4, -0.2) is 58.9 Å². The number of carbonyl (C=O) groups is 1. The van der Waals surface area contributed by atoms with E-state index in [-0.39, 0.29) is 12.6 Å². The summed E-state index contributed by atoms with van der Waals surface area (Å²) in [7, 11) is -1.60. The van der Waals surface area contributed by atoms with Gasteiger partial charge in [-0.3, -0.25) is 0 Å². The van der Waals surface area contributed by atoms with Crippen molar-refractivity contribution < 1.29 is 13.9 Å². The van der Waals surface area contributed by atoms with Gasteiger partial charge < -0.3 is 9.64 Å². The van der Waals surface area contributed by atoms with E-state index in [0.717, 1.165) is 11.0 Å². The highest BCUT2D eigenvalue weighted by Gasteiger charge is 2.37. The average molecular weight is 357 g/mol. The molecule has 1 fully saturated rings. The van der Waals surface area contributed by atoms with Crippen LogP contribution in [0.1, 0.15) is 38.9 Å². The summed E-state index contributed by atoms with van der Waals surface area (Å²) in [5.74, 6) is 0. The third-order valence-electron chi connectivity index (χ3n) is 4.11.